The molecular formula is C16H19N3O2. The van der Waals surface area contributed by atoms with Crippen LogP contribution in [0.3, 0.4) is 0 Å². The van der Waals surface area contributed by atoms with E-state index in [0.717, 1.165) is 17.0 Å². The van der Waals surface area contributed by atoms with Crippen LogP contribution in [0.5, 0.6) is 0 Å². The number of amides is 1. The van der Waals surface area contributed by atoms with Crippen LogP contribution in [0.4, 0.5) is 0 Å². The molecule has 0 fully saturated rings. The monoisotopic (exact) mass is 285 g/mol. The van der Waals surface area contributed by atoms with E-state index in [2.05, 4.69) is 9.97 Å². The van der Waals surface area contributed by atoms with Gasteiger partial charge < -0.3 is 5.73 Å². The fraction of sp³-hybridized carbons (Fsp3) is 0.250. The van der Waals surface area contributed by atoms with Gasteiger partial charge in [-0.2, -0.15) is 0 Å². The Kier molecular flexibility index (Phi) is 6.20. The van der Waals surface area contributed by atoms with Gasteiger partial charge in [0, 0.05) is 29.3 Å². The van der Waals surface area contributed by atoms with E-state index in [1.165, 1.54) is 6.92 Å². The van der Waals surface area contributed by atoms with Gasteiger partial charge in [-0.25, -0.2) is 0 Å². The van der Waals surface area contributed by atoms with Gasteiger partial charge in [-0.15, -0.1) is 0 Å². The molecule has 2 rings (SSSR count). The van der Waals surface area contributed by atoms with Crippen molar-refractivity contribution in [2.24, 2.45) is 5.73 Å². The van der Waals surface area contributed by atoms with Crippen LogP contribution < -0.4 is 5.73 Å². The van der Waals surface area contributed by atoms with Crippen LogP contribution in [0.1, 0.15) is 34.2 Å². The van der Waals surface area contributed by atoms with Crippen molar-refractivity contribution < 1.29 is 9.59 Å². The number of aromatic nitrogens is 2. The molecule has 5 heteroatoms. The average Bonchev–Trinajstić information content (AvgIpc) is 2.42. The Labute approximate surface area is 124 Å². The number of pyridine rings is 2. The molecule has 2 aromatic heterocycles. The van der Waals surface area contributed by atoms with E-state index in [1.54, 1.807) is 18.5 Å². The first-order valence-corrected chi connectivity index (χ1v) is 6.52. The topological polar surface area (TPSA) is 85.9 Å². The van der Waals surface area contributed by atoms with E-state index in [1.807, 2.05) is 32.0 Å². The van der Waals surface area contributed by atoms with Crippen LogP contribution in [0.15, 0.2) is 36.7 Å². The van der Waals surface area contributed by atoms with E-state index < -0.39 is 0 Å². The molecule has 2 aromatic rings. The van der Waals surface area contributed by atoms with Crippen LogP contribution in [0.2, 0.25) is 0 Å². The largest absolute Gasteiger partial charge is 0.369 e. The zero-order valence-corrected chi connectivity index (χ0v) is 12.5. The Morgan fingerprint density at radius 1 is 1.00 bits per heavy atom. The highest BCUT2D eigenvalue weighted by molar-refractivity contribution is 5.93. The summed E-state index contributed by atoms with van der Waals surface area (Å²) in [6.07, 6.45) is 3.53. The number of primary amides is 1. The van der Waals surface area contributed by atoms with Crippen molar-refractivity contribution in [2.45, 2.75) is 27.2 Å². The number of carbonyl (C=O) groups is 2. The third-order valence-electron chi connectivity index (χ3n) is 2.67. The lowest BCUT2D eigenvalue weighted by Gasteiger charge is -1.96. The first kappa shape index (κ1) is 16.5. The predicted molar refractivity (Wildman–Crippen MR) is 80.9 cm³/mol. The van der Waals surface area contributed by atoms with Gasteiger partial charge >= 0.3 is 0 Å². The summed E-state index contributed by atoms with van der Waals surface area (Å²) in [5, 5.41) is 0. The summed E-state index contributed by atoms with van der Waals surface area (Å²) in [6, 6.07) is 7.33. The van der Waals surface area contributed by atoms with E-state index >= 15 is 0 Å². The highest BCUT2D eigenvalue weighted by Gasteiger charge is 1.97. The van der Waals surface area contributed by atoms with E-state index in [4.69, 9.17) is 5.73 Å². The SMILES string of the molecule is CC(=O)c1ccc(C)nc1.Cc1ccc(CC(N)=O)cn1. The number of nitrogens with zero attached hydrogens (tertiary/aromatic N) is 2. The number of aryl methyl sites for hydroxylation is 2. The number of carbonyl (C=O) groups excluding carboxylic acids is 2. The first-order valence-electron chi connectivity index (χ1n) is 6.52. The Bertz CT molecular complexity index is 604. The van der Waals surface area contributed by atoms with Crippen molar-refractivity contribution >= 4 is 11.7 Å². The molecule has 0 unspecified atom stereocenters. The van der Waals surface area contributed by atoms with Crippen LogP contribution in [0.25, 0.3) is 0 Å². The van der Waals surface area contributed by atoms with Gasteiger partial charge in [-0.3, -0.25) is 19.6 Å². The summed E-state index contributed by atoms with van der Waals surface area (Å²) in [5.74, 6) is -0.261. The number of rotatable bonds is 3. The Hall–Kier alpha value is -2.56. The van der Waals surface area contributed by atoms with Crippen molar-refractivity contribution in [3.05, 3.63) is 59.2 Å². The van der Waals surface area contributed by atoms with Crippen molar-refractivity contribution in [1.82, 2.24) is 9.97 Å². The van der Waals surface area contributed by atoms with Gasteiger partial charge in [0.1, 0.15) is 0 Å². The molecule has 0 aliphatic carbocycles. The van der Waals surface area contributed by atoms with Gasteiger partial charge in [-0.1, -0.05) is 6.07 Å². The van der Waals surface area contributed by atoms with Gasteiger partial charge in [-0.05, 0) is 44.5 Å². The third kappa shape index (κ3) is 6.42. The summed E-state index contributed by atoms with van der Waals surface area (Å²) in [4.78, 5) is 29.2. The molecule has 2 heterocycles. The molecule has 5 nitrogen and oxygen atoms in total. The molecule has 0 aliphatic heterocycles. The summed E-state index contributed by atoms with van der Waals surface area (Å²) in [6.45, 7) is 5.32. The molecule has 2 N–H and O–H groups in total. The number of Topliss-reactive ketones (excluding diaryl/α,β-unsaturated/α-hetero) is 1. The second-order valence-corrected chi connectivity index (χ2v) is 4.70. The summed E-state index contributed by atoms with van der Waals surface area (Å²) >= 11 is 0. The van der Waals surface area contributed by atoms with Crippen LogP contribution >= 0.6 is 0 Å². The van der Waals surface area contributed by atoms with Crippen molar-refractivity contribution in [2.75, 3.05) is 0 Å². The number of hydrogen-bond donors (Lipinski definition) is 1. The molecule has 0 saturated carbocycles. The Morgan fingerprint density at radius 3 is 1.95 bits per heavy atom. The van der Waals surface area contributed by atoms with Crippen molar-refractivity contribution in [3.63, 3.8) is 0 Å². The summed E-state index contributed by atoms with van der Waals surface area (Å²) < 4.78 is 0. The minimum Gasteiger partial charge on any atom is -0.369 e. The number of ketones is 1. The lowest BCUT2D eigenvalue weighted by molar-refractivity contribution is -0.117. The molecule has 110 valence electrons. The molecule has 0 saturated heterocycles. The molecule has 0 aliphatic rings. The van der Waals surface area contributed by atoms with Gasteiger partial charge in [0.25, 0.3) is 0 Å². The smallest absolute Gasteiger partial charge is 0.221 e. The lowest BCUT2D eigenvalue weighted by Crippen LogP contribution is -2.13. The Balaban J connectivity index is 0.000000211. The third-order valence-corrected chi connectivity index (χ3v) is 2.67. The number of hydrogen-bond acceptors (Lipinski definition) is 4. The summed E-state index contributed by atoms with van der Waals surface area (Å²) in [5.41, 5.74) is 8.41. The van der Waals surface area contributed by atoms with Crippen LogP contribution in [-0.2, 0) is 11.2 Å². The van der Waals surface area contributed by atoms with Crippen LogP contribution in [0, 0.1) is 13.8 Å². The normalized spacial score (nSPS) is 9.48. The van der Waals surface area contributed by atoms with Gasteiger partial charge in [0.2, 0.25) is 5.91 Å². The predicted octanol–water partition coefficient (Wildman–Crippen LogP) is 2.01. The quantitative estimate of drug-likeness (QED) is 0.874. The van der Waals surface area contributed by atoms with Gasteiger partial charge in [0.05, 0.1) is 6.42 Å². The van der Waals surface area contributed by atoms with Crippen LogP contribution in [-0.4, -0.2) is 21.7 Å². The van der Waals surface area contributed by atoms with Gasteiger partial charge in [0.15, 0.2) is 5.78 Å². The maximum atomic E-state index is 10.7. The molecule has 0 aromatic carbocycles. The zero-order chi connectivity index (χ0) is 15.8. The highest BCUT2D eigenvalue weighted by Crippen LogP contribution is 1.99. The maximum Gasteiger partial charge on any atom is 0.221 e. The zero-order valence-electron chi connectivity index (χ0n) is 12.5. The maximum absolute atomic E-state index is 10.7. The summed E-state index contributed by atoms with van der Waals surface area (Å²) in [7, 11) is 0. The molecule has 0 spiro atoms. The molecule has 1 amide bonds. The fourth-order valence-electron chi connectivity index (χ4n) is 1.48. The molecule has 0 atom stereocenters. The van der Waals surface area contributed by atoms with Crippen molar-refractivity contribution in [1.29, 1.82) is 0 Å². The Morgan fingerprint density at radius 2 is 1.57 bits per heavy atom. The van der Waals surface area contributed by atoms with E-state index in [-0.39, 0.29) is 18.1 Å². The molecular weight excluding hydrogens is 266 g/mol. The fourth-order valence-corrected chi connectivity index (χ4v) is 1.48. The molecule has 0 radical (unpaired) electrons. The first-order chi connectivity index (χ1) is 9.88. The lowest BCUT2D eigenvalue weighted by atomic mass is 10.2. The number of nitrogens with two attached hydrogens (primary N) is 1. The highest BCUT2D eigenvalue weighted by atomic mass is 16.1. The minimum atomic E-state index is -0.323. The standard InChI is InChI=1S/C8H10N2O.C8H9NO/c1-6-2-3-7(5-10-6)4-8(9)11;1-6-3-4-8(5-9-6)7(2)10/h2-3,5H,4H2,1H3,(H2,9,11);3-5H,1-2H3. The minimum absolute atomic E-state index is 0.0625. The average molecular weight is 285 g/mol. The molecule has 0 bridgehead atoms. The molecule has 21 heavy (non-hydrogen) atoms. The van der Waals surface area contributed by atoms with E-state index in [0.29, 0.717) is 5.56 Å². The van der Waals surface area contributed by atoms with Crippen molar-refractivity contribution in [3.8, 4) is 0 Å². The second kappa shape index (κ2) is 7.89. The van der Waals surface area contributed by atoms with E-state index in [9.17, 15) is 9.59 Å². The second-order valence-electron chi connectivity index (χ2n) is 4.70.